The van der Waals surface area contributed by atoms with Gasteiger partial charge in [-0.05, 0) is 24.1 Å². The molecule has 0 saturated carbocycles. The first-order chi connectivity index (χ1) is 9.99. The maximum absolute atomic E-state index is 11.2. The number of nitro benzene ring substituents is 1. The average Bonchev–Trinajstić information content (AvgIpc) is 2.46. The van der Waals surface area contributed by atoms with Gasteiger partial charge in [-0.25, -0.2) is 4.79 Å². The van der Waals surface area contributed by atoms with Crippen molar-refractivity contribution in [2.24, 2.45) is 0 Å². The molecule has 0 spiro atoms. The Labute approximate surface area is 120 Å². The summed E-state index contributed by atoms with van der Waals surface area (Å²) in [4.78, 5) is 21.4. The number of carboxylic acids is 1. The van der Waals surface area contributed by atoms with E-state index in [1.54, 1.807) is 31.2 Å². The molecule has 0 aliphatic rings. The van der Waals surface area contributed by atoms with Gasteiger partial charge in [-0.15, -0.1) is 0 Å². The number of nitrogens with zero attached hydrogens (tertiary/aromatic N) is 1. The SMILES string of the molecule is Cc1cccc(C(=O)O)c1OCc1cccc([N+](=O)[O-])c1. The Kier molecular flexibility index (Phi) is 4.18. The van der Waals surface area contributed by atoms with E-state index in [0.29, 0.717) is 11.1 Å². The van der Waals surface area contributed by atoms with E-state index in [4.69, 9.17) is 9.84 Å². The molecule has 21 heavy (non-hydrogen) atoms. The summed E-state index contributed by atoms with van der Waals surface area (Å²) in [6.07, 6.45) is 0. The van der Waals surface area contributed by atoms with E-state index >= 15 is 0 Å². The number of aromatic carboxylic acids is 1. The van der Waals surface area contributed by atoms with Crippen LogP contribution in [0.15, 0.2) is 42.5 Å². The van der Waals surface area contributed by atoms with Crippen molar-refractivity contribution in [3.63, 3.8) is 0 Å². The minimum atomic E-state index is -1.08. The second-order valence-corrected chi connectivity index (χ2v) is 4.47. The summed E-state index contributed by atoms with van der Waals surface area (Å²) in [5, 5.41) is 19.8. The molecule has 0 amide bonds. The van der Waals surface area contributed by atoms with Gasteiger partial charge in [-0.3, -0.25) is 10.1 Å². The molecule has 0 heterocycles. The second-order valence-electron chi connectivity index (χ2n) is 4.47. The highest BCUT2D eigenvalue weighted by Gasteiger charge is 2.14. The Balaban J connectivity index is 2.22. The van der Waals surface area contributed by atoms with Gasteiger partial charge in [0.15, 0.2) is 0 Å². The minimum absolute atomic E-state index is 0.0284. The van der Waals surface area contributed by atoms with Crippen molar-refractivity contribution in [3.8, 4) is 5.75 Å². The van der Waals surface area contributed by atoms with Gasteiger partial charge < -0.3 is 9.84 Å². The summed E-state index contributed by atoms with van der Waals surface area (Å²) >= 11 is 0. The summed E-state index contributed by atoms with van der Waals surface area (Å²) in [5.74, 6) is -0.802. The predicted molar refractivity (Wildman–Crippen MR) is 75.6 cm³/mol. The lowest BCUT2D eigenvalue weighted by molar-refractivity contribution is -0.384. The molecule has 6 nitrogen and oxygen atoms in total. The first-order valence-corrected chi connectivity index (χ1v) is 6.18. The van der Waals surface area contributed by atoms with Crippen LogP contribution < -0.4 is 4.74 Å². The average molecular weight is 287 g/mol. The van der Waals surface area contributed by atoms with Crippen molar-refractivity contribution < 1.29 is 19.6 Å². The molecule has 0 bridgehead atoms. The van der Waals surface area contributed by atoms with E-state index in [1.807, 2.05) is 0 Å². The third kappa shape index (κ3) is 3.36. The van der Waals surface area contributed by atoms with Crippen LogP contribution in [0.25, 0.3) is 0 Å². The van der Waals surface area contributed by atoms with E-state index < -0.39 is 10.9 Å². The summed E-state index contributed by atoms with van der Waals surface area (Å²) in [7, 11) is 0. The van der Waals surface area contributed by atoms with Crippen molar-refractivity contribution in [2.75, 3.05) is 0 Å². The molecule has 0 aliphatic heterocycles. The summed E-state index contributed by atoms with van der Waals surface area (Å²) in [6.45, 7) is 1.81. The number of para-hydroxylation sites is 1. The van der Waals surface area contributed by atoms with Gasteiger partial charge in [0.05, 0.1) is 4.92 Å². The van der Waals surface area contributed by atoms with Crippen molar-refractivity contribution in [1.82, 2.24) is 0 Å². The van der Waals surface area contributed by atoms with Gasteiger partial charge in [0.25, 0.3) is 5.69 Å². The molecule has 1 N–H and O–H groups in total. The quantitative estimate of drug-likeness (QED) is 0.673. The number of carbonyl (C=O) groups is 1. The van der Waals surface area contributed by atoms with E-state index in [2.05, 4.69) is 0 Å². The summed E-state index contributed by atoms with van der Waals surface area (Å²) in [6, 6.07) is 10.9. The van der Waals surface area contributed by atoms with Gasteiger partial charge >= 0.3 is 5.97 Å². The zero-order chi connectivity index (χ0) is 15.4. The Morgan fingerprint density at radius 3 is 2.67 bits per heavy atom. The minimum Gasteiger partial charge on any atom is -0.488 e. The summed E-state index contributed by atoms with van der Waals surface area (Å²) < 4.78 is 5.55. The molecule has 2 aromatic carbocycles. The number of rotatable bonds is 5. The fraction of sp³-hybridized carbons (Fsp3) is 0.133. The standard InChI is InChI=1S/C15H13NO5/c1-10-4-2-7-13(15(17)18)14(10)21-9-11-5-3-6-12(8-11)16(19)20/h2-8H,9H2,1H3,(H,17,18). The fourth-order valence-electron chi connectivity index (χ4n) is 1.93. The third-order valence-electron chi connectivity index (χ3n) is 2.95. The molecule has 0 unspecified atom stereocenters. The van der Waals surface area contributed by atoms with Gasteiger partial charge in [-0.2, -0.15) is 0 Å². The normalized spacial score (nSPS) is 10.1. The molecule has 0 atom stereocenters. The smallest absolute Gasteiger partial charge is 0.339 e. The second kappa shape index (κ2) is 6.04. The third-order valence-corrected chi connectivity index (χ3v) is 2.95. The molecular weight excluding hydrogens is 274 g/mol. The molecular formula is C15H13NO5. The number of hydrogen-bond donors (Lipinski definition) is 1. The van der Waals surface area contributed by atoms with Crippen LogP contribution in [0.2, 0.25) is 0 Å². The van der Waals surface area contributed by atoms with Crippen LogP contribution in [-0.2, 0) is 6.61 Å². The molecule has 2 rings (SSSR count). The molecule has 0 aliphatic carbocycles. The highest BCUT2D eigenvalue weighted by molar-refractivity contribution is 5.91. The first-order valence-electron chi connectivity index (χ1n) is 6.18. The Morgan fingerprint density at radius 1 is 1.29 bits per heavy atom. The molecule has 2 aromatic rings. The summed E-state index contributed by atoms with van der Waals surface area (Å²) in [5.41, 5.74) is 1.34. The lowest BCUT2D eigenvalue weighted by atomic mass is 10.1. The zero-order valence-corrected chi connectivity index (χ0v) is 11.3. The fourth-order valence-corrected chi connectivity index (χ4v) is 1.93. The van der Waals surface area contributed by atoms with Crippen LogP contribution in [0, 0.1) is 17.0 Å². The highest BCUT2D eigenvalue weighted by atomic mass is 16.6. The number of benzene rings is 2. The van der Waals surface area contributed by atoms with E-state index in [0.717, 1.165) is 0 Å². The highest BCUT2D eigenvalue weighted by Crippen LogP contribution is 2.25. The number of nitro groups is 1. The topological polar surface area (TPSA) is 89.7 Å². The molecule has 0 radical (unpaired) electrons. The Hall–Kier alpha value is -2.89. The molecule has 0 fully saturated rings. The number of non-ortho nitro benzene ring substituents is 1. The van der Waals surface area contributed by atoms with Gasteiger partial charge in [-0.1, -0.05) is 24.3 Å². The van der Waals surface area contributed by atoms with Gasteiger partial charge in [0, 0.05) is 12.1 Å². The van der Waals surface area contributed by atoms with Crippen molar-refractivity contribution in [3.05, 3.63) is 69.3 Å². The van der Waals surface area contributed by atoms with Crippen LogP contribution >= 0.6 is 0 Å². The zero-order valence-electron chi connectivity index (χ0n) is 11.3. The number of hydrogen-bond acceptors (Lipinski definition) is 4. The van der Waals surface area contributed by atoms with Gasteiger partial charge in [0.1, 0.15) is 17.9 Å². The monoisotopic (exact) mass is 287 g/mol. The molecule has 0 aromatic heterocycles. The Bertz CT molecular complexity index is 696. The van der Waals surface area contributed by atoms with Crippen LogP contribution in [0.5, 0.6) is 5.75 Å². The van der Waals surface area contributed by atoms with Crippen LogP contribution in [0.1, 0.15) is 21.5 Å². The van der Waals surface area contributed by atoms with Crippen molar-refractivity contribution in [1.29, 1.82) is 0 Å². The molecule has 6 heteroatoms. The number of aryl methyl sites for hydroxylation is 1. The number of ether oxygens (including phenoxy) is 1. The van der Waals surface area contributed by atoms with Gasteiger partial charge in [0.2, 0.25) is 0 Å². The van der Waals surface area contributed by atoms with E-state index in [9.17, 15) is 14.9 Å². The Morgan fingerprint density at radius 2 is 2.00 bits per heavy atom. The molecule has 0 saturated heterocycles. The molecule has 108 valence electrons. The predicted octanol–water partition coefficient (Wildman–Crippen LogP) is 3.18. The maximum atomic E-state index is 11.2. The number of carboxylic acid groups (broad SMARTS) is 1. The van der Waals surface area contributed by atoms with Crippen LogP contribution in [0.3, 0.4) is 0 Å². The van der Waals surface area contributed by atoms with E-state index in [1.165, 1.54) is 18.2 Å². The van der Waals surface area contributed by atoms with Crippen LogP contribution in [0.4, 0.5) is 5.69 Å². The van der Waals surface area contributed by atoms with Crippen molar-refractivity contribution in [2.45, 2.75) is 13.5 Å². The first kappa shape index (κ1) is 14.5. The largest absolute Gasteiger partial charge is 0.488 e. The van der Waals surface area contributed by atoms with E-state index in [-0.39, 0.29) is 23.6 Å². The van der Waals surface area contributed by atoms with Crippen LogP contribution in [-0.4, -0.2) is 16.0 Å². The maximum Gasteiger partial charge on any atom is 0.339 e. The lowest BCUT2D eigenvalue weighted by Gasteiger charge is -2.11. The van der Waals surface area contributed by atoms with Crippen molar-refractivity contribution >= 4 is 11.7 Å². The lowest BCUT2D eigenvalue weighted by Crippen LogP contribution is -2.05.